The Bertz CT molecular complexity index is 1350. The third-order valence-electron chi connectivity index (χ3n) is 8.23. The number of nitrogens with one attached hydrogen (secondary N) is 1. The number of halogens is 1. The third-order valence-corrected chi connectivity index (χ3v) is 9.49. The molecule has 2 amide bonds. The lowest BCUT2D eigenvalue weighted by Gasteiger charge is -2.57. The molecule has 200 valence electrons. The van der Waals surface area contributed by atoms with Crippen molar-refractivity contribution in [2.75, 3.05) is 0 Å². The molecule has 0 unspecified atom stereocenters. The standard InChI is InChI=1S/C29H31FN2O5S/c30-24-5-9-27(10-6-24)38(34,35)37-25-7-3-20(4-8-25)18-32(19-26-2-1-11-36-26)28(33)31-29-15-21-12-22(16-29)14-23(13-21)17-29/h1-11,21-23H,12-19H2,(H,31,33). The summed E-state index contributed by atoms with van der Waals surface area (Å²) in [6, 6.07) is 14.6. The van der Waals surface area contributed by atoms with Crippen LogP contribution < -0.4 is 9.50 Å². The highest BCUT2D eigenvalue weighted by atomic mass is 32.2. The molecule has 7 nitrogen and oxygen atoms in total. The third kappa shape index (κ3) is 5.29. The van der Waals surface area contributed by atoms with Crippen LogP contribution in [0.4, 0.5) is 9.18 Å². The zero-order valence-electron chi connectivity index (χ0n) is 21.0. The molecule has 38 heavy (non-hydrogen) atoms. The van der Waals surface area contributed by atoms with E-state index in [0.717, 1.165) is 66.8 Å². The molecule has 9 heteroatoms. The number of amides is 2. The van der Waals surface area contributed by atoms with Gasteiger partial charge >= 0.3 is 16.1 Å². The monoisotopic (exact) mass is 538 g/mol. The second kappa shape index (κ2) is 9.76. The molecular weight excluding hydrogens is 507 g/mol. The van der Waals surface area contributed by atoms with Gasteiger partial charge in [-0.05, 0) is 110 Å². The molecule has 0 atom stereocenters. The summed E-state index contributed by atoms with van der Waals surface area (Å²) in [5.41, 5.74) is 0.711. The van der Waals surface area contributed by atoms with E-state index in [4.69, 9.17) is 8.60 Å². The van der Waals surface area contributed by atoms with Gasteiger partial charge in [0.1, 0.15) is 22.2 Å². The molecule has 0 aliphatic heterocycles. The van der Waals surface area contributed by atoms with E-state index in [1.165, 1.54) is 19.3 Å². The van der Waals surface area contributed by atoms with Crippen LogP contribution in [0.2, 0.25) is 0 Å². The molecule has 0 saturated heterocycles. The van der Waals surface area contributed by atoms with Crippen molar-refractivity contribution < 1.29 is 26.2 Å². The fourth-order valence-electron chi connectivity index (χ4n) is 7.01. The molecule has 4 aliphatic carbocycles. The van der Waals surface area contributed by atoms with E-state index in [1.807, 2.05) is 6.07 Å². The van der Waals surface area contributed by atoms with Crippen molar-refractivity contribution in [2.24, 2.45) is 17.8 Å². The quantitative estimate of drug-likeness (QED) is 0.363. The first-order valence-corrected chi connectivity index (χ1v) is 14.5. The second-order valence-corrected chi connectivity index (χ2v) is 12.7. The van der Waals surface area contributed by atoms with E-state index >= 15 is 0 Å². The number of urea groups is 1. The summed E-state index contributed by atoms with van der Waals surface area (Å²) in [4.78, 5) is 15.2. The number of carbonyl (C=O) groups excluding carboxylic acids is 1. The number of furan rings is 1. The minimum absolute atomic E-state index is 0.109. The maximum absolute atomic E-state index is 13.6. The Morgan fingerprint density at radius 1 is 0.947 bits per heavy atom. The van der Waals surface area contributed by atoms with Gasteiger partial charge in [0, 0.05) is 12.1 Å². The van der Waals surface area contributed by atoms with Crippen molar-refractivity contribution in [3.05, 3.63) is 84.1 Å². The van der Waals surface area contributed by atoms with Crippen molar-refractivity contribution in [1.82, 2.24) is 10.2 Å². The lowest BCUT2D eigenvalue weighted by atomic mass is 9.53. The Hall–Kier alpha value is -3.33. The lowest BCUT2D eigenvalue weighted by molar-refractivity contribution is -0.0160. The van der Waals surface area contributed by atoms with E-state index in [9.17, 15) is 17.6 Å². The molecule has 1 heterocycles. The summed E-state index contributed by atoms with van der Waals surface area (Å²) in [6.45, 7) is 0.645. The van der Waals surface area contributed by atoms with Crippen LogP contribution in [-0.4, -0.2) is 24.9 Å². The van der Waals surface area contributed by atoms with Crippen molar-refractivity contribution in [3.63, 3.8) is 0 Å². The van der Waals surface area contributed by atoms with Crippen molar-refractivity contribution in [1.29, 1.82) is 0 Å². The smallest absolute Gasteiger partial charge is 0.339 e. The largest absolute Gasteiger partial charge is 0.467 e. The molecule has 0 radical (unpaired) electrons. The predicted octanol–water partition coefficient (Wildman–Crippen LogP) is 5.87. The van der Waals surface area contributed by atoms with Gasteiger partial charge in [0.25, 0.3) is 0 Å². The summed E-state index contributed by atoms with van der Waals surface area (Å²) < 4.78 is 49.0. The summed E-state index contributed by atoms with van der Waals surface area (Å²) >= 11 is 0. The molecule has 1 aromatic heterocycles. The SMILES string of the molecule is O=C(NC12CC3CC(CC(C3)C1)C2)N(Cc1ccc(OS(=O)(=O)c2ccc(F)cc2)cc1)Cc1ccco1. The fraction of sp³-hybridized carbons (Fsp3) is 0.414. The summed E-state index contributed by atoms with van der Waals surface area (Å²) in [5, 5.41) is 3.44. The van der Waals surface area contributed by atoms with E-state index in [1.54, 1.807) is 41.5 Å². The van der Waals surface area contributed by atoms with E-state index in [-0.39, 0.29) is 22.2 Å². The Balaban J connectivity index is 1.16. The zero-order valence-corrected chi connectivity index (χ0v) is 21.8. The Kier molecular flexibility index (Phi) is 6.42. The van der Waals surface area contributed by atoms with Crippen molar-refractivity contribution >= 4 is 16.1 Å². The van der Waals surface area contributed by atoms with Gasteiger partial charge in [0.05, 0.1) is 12.8 Å². The first-order chi connectivity index (χ1) is 18.3. The molecule has 1 N–H and O–H groups in total. The fourth-order valence-corrected chi connectivity index (χ4v) is 7.94. The van der Waals surface area contributed by atoms with Crippen LogP contribution in [0, 0.1) is 23.6 Å². The van der Waals surface area contributed by atoms with Crippen LogP contribution in [0.1, 0.15) is 49.8 Å². The van der Waals surface area contributed by atoms with E-state index in [2.05, 4.69) is 5.32 Å². The number of hydrogen-bond donors (Lipinski definition) is 1. The van der Waals surface area contributed by atoms with Crippen LogP contribution in [0.15, 0.2) is 76.2 Å². The van der Waals surface area contributed by atoms with Gasteiger partial charge in [-0.2, -0.15) is 8.42 Å². The Morgan fingerprint density at radius 3 is 2.16 bits per heavy atom. The van der Waals surface area contributed by atoms with Gasteiger partial charge < -0.3 is 18.8 Å². The minimum Gasteiger partial charge on any atom is -0.467 e. The molecule has 2 aromatic carbocycles. The molecule has 0 spiro atoms. The van der Waals surface area contributed by atoms with E-state index < -0.39 is 15.9 Å². The summed E-state index contributed by atoms with van der Waals surface area (Å²) in [6.07, 6.45) is 8.69. The van der Waals surface area contributed by atoms with E-state index in [0.29, 0.717) is 18.8 Å². The predicted molar refractivity (Wildman–Crippen MR) is 138 cm³/mol. The Labute approximate surface area is 222 Å². The number of benzene rings is 2. The first kappa shape index (κ1) is 25.0. The average Bonchev–Trinajstić information content (AvgIpc) is 3.37. The molecule has 4 fully saturated rings. The van der Waals surface area contributed by atoms with Gasteiger partial charge in [-0.15, -0.1) is 0 Å². The Morgan fingerprint density at radius 2 is 1.58 bits per heavy atom. The van der Waals surface area contributed by atoms with Gasteiger partial charge in [-0.1, -0.05) is 12.1 Å². The molecule has 4 saturated carbocycles. The molecular formula is C29H31FN2O5S. The number of carbonyl (C=O) groups is 1. The number of nitrogens with zero attached hydrogens (tertiary/aromatic N) is 1. The highest BCUT2D eigenvalue weighted by Crippen LogP contribution is 2.55. The lowest BCUT2D eigenvalue weighted by Crippen LogP contribution is -2.61. The summed E-state index contributed by atoms with van der Waals surface area (Å²) in [5.74, 6) is 2.46. The highest BCUT2D eigenvalue weighted by molar-refractivity contribution is 7.87. The summed E-state index contributed by atoms with van der Waals surface area (Å²) in [7, 11) is -4.09. The normalized spacial score (nSPS) is 25.8. The number of rotatable bonds is 8. The molecule has 7 rings (SSSR count). The van der Waals surface area contributed by atoms with Gasteiger partial charge in [-0.25, -0.2) is 9.18 Å². The minimum atomic E-state index is -4.09. The zero-order chi connectivity index (χ0) is 26.3. The van der Waals surface area contributed by atoms with Crippen molar-refractivity contribution in [3.8, 4) is 5.75 Å². The van der Waals surface area contributed by atoms with Crippen LogP contribution in [0.5, 0.6) is 5.75 Å². The van der Waals surface area contributed by atoms with Crippen LogP contribution in [-0.2, 0) is 23.2 Å². The van der Waals surface area contributed by atoms with Gasteiger partial charge in [0.2, 0.25) is 0 Å². The van der Waals surface area contributed by atoms with Gasteiger partial charge in [-0.3, -0.25) is 0 Å². The molecule has 4 bridgehead atoms. The maximum Gasteiger partial charge on any atom is 0.339 e. The molecule has 3 aromatic rings. The first-order valence-electron chi connectivity index (χ1n) is 13.1. The second-order valence-electron chi connectivity index (χ2n) is 11.2. The van der Waals surface area contributed by atoms with Gasteiger partial charge in [0.15, 0.2) is 0 Å². The maximum atomic E-state index is 13.6. The van der Waals surface area contributed by atoms with Crippen LogP contribution in [0.3, 0.4) is 0 Å². The molecule has 4 aliphatic rings. The van der Waals surface area contributed by atoms with Crippen LogP contribution >= 0.6 is 0 Å². The average molecular weight is 539 g/mol. The van der Waals surface area contributed by atoms with Crippen LogP contribution in [0.25, 0.3) is 0 Å². The topological polar surface area (TPSA) is 88.9 Å². The van der Waals surface area contributed by atoms with Crippen molar-refractivity contribution in [2.45, 2.75) is 62.0 Å². The number of hydrogen-bond acceptors (Lipinski definition) is 5. The highest BCUT2D eigenvalue weighted by Gasteiger charge is 2.51.